The molecule has 1 aliphatic heterocycles. The molecular weight excluding hydrogens is 514 g/mol. The third-order valence-corrected chi connectivity index (χ3v) is 7.58. The van der Waals surface area contributed by atoms with Crippen molar-refractivity contribution in [3.63, 3.8) is 0 Å². The molecule has 41 heavy (non-hydrogen) atoms. The Morgan fingerprint density at radius 1 is 0.927 bits per heavy atom. The number of imidazole rings is 1. The van der Waals surface area contributed by atoms with Gasteiger partial charge in [-0.2, -0.15) is 5.10 Å². The molecule has 1 aliphatic rings. The summed E-state index contributed by atoms with van der Waals surface area (Å²) in [5.41, 5.74) is 4.26. The molecule has 2 aromatic carbocycles. The van der Waals surface area contributed by atoms with Gasteiger partial charge in [0.1, 0.15) is 0 Å². The molecule has 0 atom stereocenters. The molecular formula is C32H39N7O2. The van der Waals surface area contributed by atoms with Crippen molar-refractivity contribution in [2.24, 2.45) is 7.05 Å². The number of hydrogen-bond donors (Lipinski definition) is 1. The van der Waals surface area contributed by atoms with Crippen molar-refractivity contribution < 1.29 is 9.59 Å². The number of hydrogen-bond acceptors (Lipinski definition) is 5. The highest BCUT2D eigenvalue weighted by Crippen LogP contribution is 2.23. The minimum atomic E-state index is -0.241. The van der Waals surface area contributed by atoms with Crippen LogP contribution in [0.1, 0.15) is 49.7 Å². The van der Waals surface area contributed by atoms with Gasteiger partial charge in [-0.25, -0.2) is 4.98 Å². The molecule has 4 aromatic rings. The molecule has 1 N–H and O–H groups in total. The lowest BCUT2D eigenvalue weighted by atomic mass is 10.0. The predicted octanol–water partition coefficient (Wildman–Crippen LogP) is 4.79. The number of para-hydroxylation sites is 1. The van der Waals surface area contributed by atoms with E-state index in [1.54, 1.807) is 16.9 Å². The summed E-state index contributed by atoms with van der Waals surface area (Å²) >= 11 is 0. The molecule has 0 radical (unpaired) electrons. The van der Waals surface area contributed by atoms with Crippen LogP contribution >= 0.6 is 0 Å². The Morgan fingerprint density at radius 2 is 1.68 bits per heavy atom. The van der Waals surface area contributed by atoms with Gasteiger partial charge in [0.15, 0.2) is 0 Å². The van der Waals surface area contributed by atoms with E-state index in [0.717, 1.165) is 48.7 Å². The van der Waals surface area contributed by atoms with Gasteiger partial charge < -0.3 is 4.90 Å². The lowest BCUT2D eigenvalue weighted by molar-refractivity contribution is -0.133. The van der Waals surface area contributed by atoms with Crippen LogP contribution in [0.2, 0.25) is 0 Å². The Kier molecular flexibility index (Phi) is 8.35. The van der Waals surface area contributed by atoms with Crippen LogP contribution in [-0.4, -0.2) is 72.7 Å². The number of carbonyl (C=O) groups excluding carboxylic acids is 2. The van der Waals surface area contributed by atoms with Gasteiger partial charge in [-0.1, -0.05) is 30.3 Å². The van der Waals surface area contributed by atoms with Gasteiger partial charge in [-0.05, 0) is 63.4 Å². The van der Waals surface area contributed by atoms with E-state index >= 15 is 0 Å². The third kappa shape index (κ3) is 6.92. The summed E-state index contributed by atoms with van der Waals surface area (Å²) < 4.78 is 3.63. The second kappa shape index (κ2) is 12.1. The van der Waals surface area contributed by atoms with Crippen LogP contribution in [0.15, 0.2) is 73.2 Å². The van der Waals surface area contributed by atoms with E-state index in [0.29, 0.717) is 30.8 Å². The van der Waals surface area contributed by atoms with Crippen LogP contribution in [-0.2, 0) is 18.3 Å². The minimum Gasteiger partial charge on any atom is -0.340 e. The van der Waals surface area contributed by atoms with Crippen molar-refractivity contribution in [2.75, 3.05) is 31.5 Å². The minimum absolute atomic E-state index is 0.127. The molecule has 1 fully saturated rings. The molecule has 2 amide bonds. The molecule has 214 valence electrons. The van der Waals surface area contributed by atoms with Gasteiger partial charge in [0, 0.05) is 74.4 Å². The van der Waals surface area contributed by atoms with Gasteiger partial charge in [0.2, 0.25) is 11.9 Å². The lowest BCUT2D eigenvalue weighted by Gasteiger charge is -2.42. The van der Waals surface area contributed by atoms with Gasteiger partial charge in [-0.15, -0.1) is 0 Å². The van der Waals surface area contributed by atoms with E-state index in [1.165, 1.54) is 0 Å². The van der Waals surface area contributed by atoms with Crippen molar-refractivity contribution in [3.05, 3.63) is 84.4 Å². The number of carbonyl (C=O) groups is 2. The first-order valence-corrected chi connectivity index (χ1v) is 14.2. The van der Waals surface area contributed by atoms with Crippen LogP contribution in [0.4, 0.5) is 5.95 Å². The second-order valence-electron chi connectivity index (χ2n) is 11.6. The van der Waals surface area contributed by atoms with E-state index < -0.39 is 0 Å². The zero-order valence-corrected chi connectivity index (χ0v) is 24.4. The maximum absolute atomic E-state index is 13.3. The van der Waals surface area contributed by atoms with E-state index in [2.05, 4.69) is 36.1 Å². The Hall–Kier alpha value is -4.24. The first-order chi connectivity index (χ1) is 19.7. The lowest BCUT2D eigenvalue weighted by Crippen LogP contribution is -2.54. The highest BCUT2D eigenvalue weighted by Gasteiger charge is 2.27. The topological polar surface area (TPSA) is 88.3 Å². The molecule has 1 saturated heterocycles. The van der Waals surface area contributed by atoms with Gasteiger partial charge >= 0.3 is 0 Å². The van der Waals surface area contributed by atoms with Crippen LogP contribution < -0.4 is 5.32 Å². The van der Waals surface area contributed by atoms with Crippen molar-refractivity contribution in [3.8, 4) is 16.8 Å². The largest absolute Gasteiger partial charge is 0.340 e. The summed E-state index contributed by atoms with van der Waals surface area (Å²) in [7, 11) is 1.87. The van der Waals surface area contributed by atoms with Crippen molar-refractivity contribution in [1.82, 2.24) is 29.1 Å². The summed E-state index contributed by atoms with van der Waals surface area (Å²) in [6.45, 7) is 10.0. The number of piperazine rings is 1. The fraction of sp³-hybridized carbons (Fsp3) is 0.375. The van der Waals surface area contributed by atoms with E-state index in [9.17, 15) is 9.59 Å². The zero-order valence-electron chi connectivity index (χ0n) is 24.4. The SMILES string of the molecule is Cn1cc(-c2cccc(C(=O)Nc3nc(CCCC(=O)N4CCN(C(C)(C)C)CC4)cn3-c3ccccc3)c2)cn1. The maximum atomic E-state index is 13.3. The first-order valence-electron chi connectivity index (χ1n) is 14.2. The molecule has 0 unspecified atom stereocenters. The number of anilines is 1. The highest BCUT2D eigenvalue weighted by atomic mass is 16.2. The summed E-state index contributed by atoms with van der Waals surface area (Å²) in [6.07, 6.45) is 7.47. The van der Waals surface area contributed by atoms with E-state index in [-0.39, 0.29) is 17.4 Å². The standard InChI is InChI=1S/C32H39N7O2/c1-32(2,3)38-18-16-37(17-19-38)29(40)15-9-12-27-23-39(28-13-6-5-7-14-28)31(34-27)35-30(41)25-11-8-10-24(20-25)26-21-33-36(4)22-26/h5-8,10-11,13-14,20-23H,9,12,15-19H2,1-4H3,(H,34,35,41). The molecule has 2 aromatic heterocycles. The normalized spacial score (nSPS) is 14.3. The Morgan fingerprint density at radius 3 is 2.37 bits per heavy atom. The number of rotatable bonds is 8. The number of benzene rings is 2. The Balaban J connectivity index is 1.25. The molecule has 5 rings (SSSR count). The van der Waals surface area contributed by atoms with Crippen LogP contribution in [0.25, 0.3) is 16.8 Å². The molecule has 0 saturated carbocycles. The quantitative estimate of drug-likeness (QED) is 0.339. The third-order valence-electron chi connectivity index (χ3n) is 7.58. The number of aryl methyl sites for hydroxylation is 2. The van der Waals surface area contributed by atoms with Crippen molar-refractivity contribution in [1.29, 1.82) is 0 Å². The number of nitrogens with one attached hydrogen (secondary N) is 1. The predicted molar refractivity (Wildman–Crippen MR) is 161 cm³/mol. The van der Waals surface area contributed by atoms with Gasteiger partial charge in [0.05, 0.1) is 11.9 Å². The fourth-order valence-corrected chi connectivity index (χ4v) is 5.21. The summed E-state index contributed by atoms with van der Waals surface area (Å²) in [4.78, 5) is 35.4. The van der Waals surface area contributed by atoms with Crippen LogP contribution in [0.3, 0.4) is 0 Å². The smallest absolute Gasteiger partial charge is 0.258 e. The highest BCUT2D eigenvalue weighted by molar-refractivity contribution is 6.04. The van der Waals surface area contributed by atoms with E-state index in [4.69, 9.17) is 4.98 Å². The molecule has 0 aliphatic carbocycles. The summed E-state index contributed by atoms with van der Waals surface area (Å²) in [5, 5.41) is 7.24. The molecule has 9 nitrogen and oxygen atoms in total. The molecule has 0 spiro atoms. The average Bonchev–Trinajstić information content (AvgIpc) is 3.59. The summed E-state index contributed by atoms with van der Waals surface area (Å²) in [5.74, 6) is 0.408. The number of aromatic nitrogens is 4. The van der Waals surface area contributed by atoms with Crippen molar-refractivity contribution in [2.45, 2.75) is 45.6 Å². The fourth-order valence-electron chi connectivity index (χ4n) is 5.21. The van der Waals surface area contributed by atoms with Crippen molar-refractivity contribution >= 4 is 17.8 Å². The van der Waals surface area contributed by atoms with Gasteiger partial charge in [0.25, 0.3) is 5.91 Å². The Bertz CT molecular complexity index is 1490. The van der Waals surface area contributed by atoms with Crippen LogP contribution in [0, 0.1) is 0 Å². The number of amides is 2. The summed E-state index contributed by atoms with van der Waals surface area (Å²) in [6, 6.07) is 17.3. The first kappa shape index (κ1) is 28.3. The molecule has 0 bridgehead atoms. The van der Waals surface area contributed by atoms with Gasteiger partial charge in [-0.3, -0.25) is 29.1 Å². The molecule has 9 heteroatoms. The van der Waals surface area contributed by atoms with E-state index in [1.807, 2.05) is 77.4 Å². The monoisotopic (exact) mass is 553 g/mol. The molecule has 3 heterocycles. The zero-order chi connectivity index (χ0) is 29.0. The van der Waals surface area contributed by atoms with Crippen LogP contribution in [0.5, 0.6) is 0 Å². The number of nitrogens with zero attached hydrogens (tertiary/aromatic N) is 6. The average molecular weight is 554 g/mol. The maximum Gasteiger partial charge on any atom is 0.258 e. The Labute approximate surface area is 241 Å². The second-order valence-corrected chi connectivity index (χ2v) is 11.6.